The summed E-state index contributed by atoms with van der Waals surface area (Å²) in [5.41, 5.74) is 0.129. The molecule has 0 aliphatic carbocycles. The van der Waals surface area contributed by atoms with Gasteiger partial charge in [0.2, 0.25) is 10.0 Å². The fourth-order valence-corrected chi connectivity index (χ4v) is 4.58. The molecule has 0 aromatic heterocycles. The lowest BCUT2D eigenvalue weighted by Gasteiger charge is -2.18. The van der Waals surface area contributed by atoms with Gasteiger partial charge in [0.25, 0.3) is 0 Å². The molecule has 1 aliphatic rings. The molecule has 0 unspecified atom stereocenters. The minimum Gasteiger partial charge on any atom is -0.497 e. The molecule has 0 radical (unpaired) electrons. The van der Waals surface area contributed by atoms with Crippen molar-refractivity contribution in [2.75, 3.05) is 27.3 Å². The molecule has 27 heavy (non-hydrogen) atoms. The van der Waals surface area contributed by atoms with E-state index in [1.54, 1.807) is 31.4 Å². The number of carbonyl (C=O) groups excluding carboxylic acids is 1. The predicted molar refractivity (Wildman–Crippen MR) is 98.9 cm³/mol. The summed E-state index contributed by atoms with van der Waals surface area (Å²) < 4.78 is 42.8. The minimum absolute atomic E-state index is 0.0314. The Morgan fingerprint density at radius 1 is 0.926 bits per heavy atom. The number of sulfonamides is 1. The average molecular weight is 391 g/mol. The quantitative estimate of drug-likeness (QED) is 0.556. The summed E-state index contributed by atoms with van der Waals surface area (Å²) >= 11 is 0. The Labute approximate surface area is 158 Å². The number of ether oxygens (including phenoxy) is 3. The number of rotatable bonds is 6. The third-order valence-electron chi connectivity index (χ3n) is 4.35. The maximum atomic E-state index is 12.9. The lowest BCUT2D eigenvalue weighted by Crippen LogP contribution is -2.28. The van der Waals surface area contributed by atoms with Gasteiger partial charge in [0.15, 0.2) is 0 Å². The molecule has 0 N–H and O–H groups in total. The van der Waals surface area contributed by atoms with Crippen molar-refractivity contribution >= 4 is 16.0 Å². The number of benzene rings is 2. The zero-order chi connectivity index (χ0) is 19.4. The molecule has 3 rings (SSSR count). The molecule has 2 aromatic rings. The topological polar surface area (TPSA) is 82.1 Å². The van der Waals surface area contributed by atoms with E-state index in [1.165, 1.54) is 29.6 Å². The lowest BCUT2D eigenvalue weighted by molar-refractivity contribution is 0.0734. The van der Waals surface area contributed by atoms with Crippen LogP contribution < -0.4 is 14.2 Å². The summed E-state index contributed by atoms with van der Waals surface area (Å²) in [4.78, 5) is 12.4. The van der Waals surface area contributed by atoms with E-state index >= 15 is 0 Å². The molecule has 0 atom stereocenters. The minimum atomic E-state index is -3.74. The van der Waals surface area contributed by atoms with Crippen molar-refractivity contribution in [3.8, 4) is 17.2 Å². The molecule has 0 saturated carbocycles. The van der Waals surface area contributed by atoms with Crippen molar-refractivity contribution in [2.24, 2.45) is 0 Å². The summed E-state index contributed by atoms with van der Waals surface area (Å²) in [6, 6.07) is 10.8. The Bertz CT molecular complexity index is 918. The van der Waals surface area contributed by atoms with Gasteiger partial charge in [0.05, 0.1) is 19.8 Å². The largest absolute Gasteiger partial charge is 0.497 e. The van der Waals surface area contributed by atoms with Gasteiger partial charge in [-0.15, -0.1) is 0 Å². The molecule has 0 spiro atoms. The molecular formula is C19H21NO6S. The summed E-state index contributed by atoms with van der Waals surface area (Å²) in [7, 11) is -0.796. The van der Waals surface area contributed by atoms with Crippen molar-refractivity contribution in [2.45, 2.75) is 17.7 Å². The fourth-order valence-electron chi connectivity index (χ4n) is 2.88. The summed E-state index contributed by atoms with van der Waals surface area (Å²) in [6.45, 7) is 0.929. The van der Waals surface area contributed by atoms with Crippen LogP contribution in [0.25, 0.3) is 0 Å². The molecule has 1 aliphatic heterocycles. The highest BCUT2D eigenvalue weighted by atomic mass is 32.2. The second-order valence-corrected chi connectivity index (χ2v) is 7.95. The van der Waals surface area contributed by atoms with Crippen LogP contribution in [-0.2, 0) is 10.0 Å². The van der Waals surface area contributed by atoms with Gasteiger partial charge in [-0.1, -0.05) is 0 Å². The Hall–Kier alpha value is -2.58. The number of hydrogen-bond acceptors (Lipinski definition) is 6. The Balaban J connectivity index is 1.88. The van der Waals surface area contributed by atoms with E-state index < -0.39 is 16.0 Å². The van der Waals surface area contributed by atoms with Gasteiger partial charge in [-0.05, 0) is 55.3 Å². The summed E-state index contributed by atoms with van der Waals surface area (Å²) in [5, 5.41) is 0. The van der Waals surface area contributed by atoms with E-state index in [0.29, 0.717) is 24.6 Å². The first-order chi connectivity index (χ1) is 13.0. The van der Waals surface area contributed by atoms with E-state index in [9.17, 15) is 13.2 Å². The molecule has 2 aromatic carbocycles. The van der Waals surface area contributed by atoms with E-state index in [0.717, 1.165) is 12.8 Å². The normalized spacial score (nSPS) is 14.7. The maximum Gasteiger partial charge on any atom is 0.343 e. The van der Waals surface area contributed by atoms with Crippen LogP contribution in [0.15, 0.2) is 47.4 Å². The molecular weight excluding hydrogens is 370 g/mol. The van der Waals surface area contributed by atoms with Crippen LogP contribution in [0.2, 0.25) is 0 Å². The highest BCUT2D eigenvalue weighted by molar-refractivity contribution is 7.89. The predicted octanol–water partition coefficient (Wildman–Crippen LogP) is 2.71. The monoisotopic (exact) mass is 391 g/mol. The van der Waals surface area contributed by atoms with Crippen LogP contribution >= 0.6 is 0 Å². The SMILES string of the molecule is COc1ccc(OC(=O)c2ccc(OC)c(S(=O)(=O)N3CCCC3)c2)cc1. The van der Waals surface area contributed by atoms with Gasteiger partial charge < -0.3 is 14.2 Å². The average Bonchev–Trinajstić information content (AvgIpc) is 3.23. The number of nitrogens with zero attached hydrogens (tertiary/aromatic N) is 1. The van der Waals surface area contributed by atoms with Crippen molar-refractivity contribution in [3.63, 3.8) is 0 Å². The molecule has 7 nitrogen and oxygen atoms in total. The van der Waals surface area contributed by atoms with Crippen LogP contribution in [0.1, 0.15) is 23.2 Å². The van der Waals surface area contributed by atoms with Gasteiger partial charge in [-0.3, -0.25) is 0 Å². The molecule has 144 valence electrons. The Morgan fingerprint density at radius 3 is 2.15 bits per heavy atom. The first-order valence-electron chi connectivity index (χ1n) is 8.50. The zero-order valence-corrected chi connectivity index (χ0v) is 16.0. The van der Waals surface area contributed by atoms with Crippen molar-refractivity contribution in [1.82, 2.24) is 4.31 Å². The number of carbonyl (C=O) groups is 1. The van der Waals surface area contributed by atoms with E-state index in [2.05, 4.69) is 0 Å². The van der Waals surface area contributed by atoms with Crippen LogP contribution in [0.5, 0.6) is 17.2 Å². The second kappa shape index (κ2) is 7.98. The van der Waals surface area contributed by atoms with Crippen LogP contribution in [0, 0.1) is 0 Å². The van der Waals surface area contributed by atoms with Crippen LogP contribution in [0.3, 0.4) is 0 Å². The number of hydrogen-bond donors (Lipinski definition) is 0. The third-order valence-corrected chi connectivity index (χ3v) is 6.27. The van der Waals surface area contributed by atoms with E-state index in [1.807, 2.05) is 0 Å². The summed E-state index contributed by atoms with van der Waals surface area (Å²) in [6.07, 6.45) is 1.64. The molecule has 1 heterocycles. The smallest absolute Gasteiger partial charge is 0.343 e. The number of methoxy groups -OCH3 is 2. The van der Waals surface area contributed by atoms with Gasteiger partial charge >= 0.3 is 5.97 Å². The molecule has 0 amide bonds. The number of esters is 1. The van der Waals surface area contributed by atoms with Gasteiger partial charge in [0, 0.05) is 13.1 Å². The lowest BCUT2D eigenvalue weighted by atomic mass is 10.2. The molecule has 0 bridgehead atoms. The Kier molecular flexibility index (Phi) is 5.67. The van der Waals surface area contributed by atoms with Gasteiger partial charge in [-0.25, -0.2) is 13.2 Å². The fraction of sp³-hybridized carbons (Fsp3) is 0.316. The molecule has 1 saturated heterocycles. The molecule has 8 heteroatoms. The Morgan fingerprint density at radius 2 is 1.56 bits per heavy atom. The maximum absolute atomic E-state index is 12.9. The highest BCUT2D eigenvalue weighted by Crippen LogP contribution is 2.30. The van der Waals surface area contributed by atoms with E-state index in [-0.39, 0.29) is 16.2 Å². The summed E-state index contributed by atoms with van der Waals surface area (Å²) in [5.74, 6) is 0.516. The standard InChI is InChI=1S/C19H21NO6S/c1-24-15-6-8-16(9-7-15)26-19(21)14-5-10-17(25-2)18(13-14)27(22,23)20-11-3-4-12-20/h5-10,13H,3-4,11-12H2,1-2H3. The van der Waals surface area contributed by atoms with Crippen molar-refractivity contribution in [1.29, 1.82) is 0 Å². The first kappa shape index (κ1) is 19.2. The molecule has 1 fully saturated rings. The zero-order valence-electron chi connectivity index (χ0n) is 15.2. The van der Waals surface area contributed by atoms with Crippen LogP contribution in [-0.4, -0.2) is 46.0 Å². The highest BCUT2D eigenvalue weighted by Gasteiger charge is 2.30. The van der Waals surface area contributed by atoms with Crippen molar-refractivity contribution in [3.05, 3.63) is 48.0 Å². The van der Waals surface area contributed by atoms with Gasteiger partial charge in [0.1, 0.15) is 22.1 Å². The third kappa shape index (κ3) is 4.06. The first-order valence-corrected chi connectivity index (χ1v) is 9.94. The van der Waals surface area contributed by atoms with Crippen molar-refractivity contribution < 1.29 is 27.4 Å². The van der Waals surface area contributed by atoms with E-state index in [4.69, 9.17) is 14.2 Å². The van der Waals surface area contributed by atoms with Gasteiger partial charge in [-0.2, -0.15) is 4.31 Å². The second-order valence-electron chi connectivity index (χ2n) is 6.04. The van der Waals surface area contributed by atoms with Crippen LogP contribution in [0.4, 0.5) is 0 Å².